The molecule has 11 heteroatoms. The fourth-order valence-electron chi connectivity index (χ4n) is 3.49. The number of hydrogen-bond acceptors (Lipinski definition) is 3. The highest BCUT2D eigenvalue weighted by Gasteiger charge is 2.26. The first-order valence-electron chi connectivity index (χ1n) is 9.51. The molecule has 1 aliphatic heterocycles. The Morgan fingerprint density at radius 2 is 1.94 bits per heavy atom. The summed E-state index contributed by atoms with van der Waals surface area (Å²) in [7, 11) is 0. The van der Waals surface area contributed by atoms with Gasteiger partial charge in [-0.2, -0.15) is 0 Å². The summed E-state index contributed by atoms with van der Waals surface area (Å²) in [6.45, 7) is 5.89. The Labute approximate surface area is 197 Å². The molecule has 0 bridgehead atoms. The van der Waals surface area contributed by atoms with Gasteiger partial charge < -0.3 is 25.6 Å². The number of nitrogens with one attached hydrogen (secondary N) is 3. The Bertz CT molecular complexity index is 1070. The summed E-state index contributed by atoms with van der Waals surface area (Å²) >= 11 is 0. The van der Waals surface area contributed by atoms with E-state index in [-0.39, 0.29) is 49.7 Å². The molecule has 3 rings (SSSR count). The summed E-state index contributed by atoms with van der Waals surface area (Å²) < 4.78 is 13.6. The van der Waals surface area contributed by atoms with Crippen molar-refractivity contribution in [2.45, 2.75) is 20.8 Å². The predicted octanol–water partition coefficient (Wildman–Crippen LogP) is 3.84. The van der Waals surface area contributed by atoms with E-state index in [9.17, 15) is 18.8 Å². The van der Waals surface area contributed by atoms with Crippen LogP contribution in [0.2, 0.25) is 0 Å². The van der Waals surface area contributed by atoms with Crippen molar-refractivity contribution in [2.75, 3.05) is 25.0 Å². The van der Waals surface area contributed by atoms with Gasteiger partial charge in [-0.05, 0) is 50.6 Å². The van der Waals surface area contributed by atoms with Gasteiger partial charge in [0.05, 0.1) is 11.1 Å². The van der Waals surface area contributed by atoms with E-state index in [2.05, 4.69) is 15.6 Å². The Hall–Kier alpha value is -3.04. The molecule has 2 aromatic rings. The van der Waals surface area contributed by atoms with Crippen LogP contribution in [0.15, 0.2) is 18.2 Å². The van der Waals surface area contributed by atoms with Crippen molar-refractivity contribution in [1.82, 2.24) is 15.2 Å². The molecule has 0 aliphatic carbocycles. The van der Waals surface area contributed by atoms with Crippen molar-refractivity contribution in [3.05, 3.63) is 52.1 Å². The van der Waals surface area contributed by atoms with Gasteiger partial charge >= 0.3 is 6.09 Å². The van der Waals surface area contributed by atoms with Crippen molar-refractivity contribution >= 4 is 60.1 Å². The number of rotatable bonds is 6. The minimum atomic E-state index is -1.04. The molecule has 3 amide bonds. The zero-order chi connectivity index (χ0) is 22.0. The standard InChI is InChI=1S/C21H23FN4O4.2ClH/c1-4-26(21(29)30)8-7-23-20(28)18-11(2)17(24-12(18)3)10-15-14-9-13(22)5-6-16(14)25-19(15)27;;/h5-6,9-10,24H,4,7-8H2,1-3H3,(H,23,28)(H,25,27)(H,29,30);2*1H. The Morgan fingerprint density at radius 3 is 2.56 bits per heavy atom. The number of hydrogen-bond donors (Lipinski definition) is 4. The van der Waals surface area contributed by atoms with Crippen molar-refractivity contribution < 1.29 is 23.9 Å². The average molecular weight is 487 g/mol. The minimum Gasteiger partial charge on any atom is -0.465 e. The molecule has 2 heterocycles. The van der Waals surface area contributed by atoms with E-state index in [0.29, 0.717) is 45.9 Å². The van der Waals surface area contributed by atoms with Gasteiger partial charge in [0.15, 0.2) is 0 Å². The van der Waals surface area contributed by atoms with Crippen LogP contribution < -0.4 is 10.6 Å². The van der Waals surface area contributed by atoms with E-state index in [1.807, 2.05) is 0 Å². The lowest BCUT2D eigenvalue weighted by molar-refractivity contribution is -0.110. The number of anilines is 1. The van der Waals surface area contributed by atoms with Crippen molar-refractivity contribution in [2.24, 2.45) is 0 Å². The summed E-state index contributed by atoms with van der Waals surface area (Å²) in [6, 6.07) is 4.07. The lowest BCUT2D eigenvalue weighted by Crippen LogP contribution is -2.37. The second-order valence-electron chi connectivity index (χ2n) is 6.98. The molecule has 0 atom stereocenters. The number of benzene rings is 1. The number of halogens is 3. The number of aromatic amines is 1. The largest absolute Gasteiger partial charge is 0.465 e. The molecule has 1 aromatic carbocycles. The normalized spacial score (nSPS) is 13.0. The summed E-state index contributed by atoms with van der Waals surface area (Å²) in [5, 5.41) is 14.5. The molecule has 32 heavy (non-hydrogen) atoms. The van der Waals surface area contributed by atoms with Gasteiger partial charge in [-0.15, -0.1) is 24.8 Å². The Morgan fingerprint density at radius 1 is 1.25 bits per heavy atom. The van der Waals surface area contributed by atoms with Gasteiger partial charge in [-0.25, -0.2) is 9.18 Å². The fraction of sp³-hybridized carbons (Fsp3) is 0.286. The third-order valence-electron chi connectivity index (χ3n) is 5.08. The van der Waals surface area contributed by atoms with E-state index >= 15 is 0 Å². The summed E-state index contributed by atoms with van der Waals surface area (Å²) in [4.78, 5) is 40.3. The van der Waals surface area contributed by atoms with Gasteiger partial charge in [-0.1, -0.05) is 0 Å². The molecule has 0 fully saturated rings. The van der Waals surface area contributed by atoms with Crippen LogP contribution in [0.25, 0.3) is 11.6 Å². The monoisotopic (exact) mass is 486 g/mol. The highest BCUT2D eigenvalue weighted by molar-refractivity contribution is 6.34. The van der Waals surface area contributed by atoms with E-state index < -0.39 is 11.9 Å². The molecule has 8 nitrogen and oxygen atoms in total. The van der Waals surface area contributed by atoms with Crippen LogP contribution in [0.3, 0.4) is 0 Å². The van der Waals surface area contributed by atoms with Crippen LogP contribution in [0, 0.1) is 19.7 Å². The van der Waals surface area contributed by atoms with Crippen molar-refractivity contribution in [3.8, 4) is 0 Å². The molecular formula is C21H25Cl2FN4O4. The second-order valence-corrected chi connectivity index (χ2v) is 6.98. The number of carboxylic acid groups (broad SMARTS) is 1. The zero-order valence-electron chi connectivity index (χ0n) is 17.7. The number of carbonyl (C=O) groups excluding carboxylic acids is 2. The number of nitrogens with zero attached hydrogens (tertiary/aromatic N) is 1. The first kappa shape index (κ1) is 27.0. The van der Waals surface area contributed by atoms with E-state index in [4.69, 9.17) is 5.11 Å². The Kier molecular flexibility index (Phi) is 9.29. The number of H-pyrrole nitrogens is 1. The highest BCUT2D eigenvalue weighted by Crippen LogP contribution is 2.34. The summed E-state index contributed by atoms with van der Waals surface area (Å²) in [5.74, 6) is -1.13. The third-order valence-corrected chi connectivity index (χ3v) is 5.08. The van der Waals surface area contributed by atoms with Gasteiger partial charge in [0.2, 0.25) is 0 Å². The van der Waals surface area contributed by atoms with Crippen LogP contribution >= 0.6 is 24.8 Å². The lowest BCUT2D eigenvalue weighted by atomic mass is 10.0. The number of fused-ring (bicyclic) bond motifs is 1. The van der Waals surface area contributed by atoms with Gasteiger partial charge in [-0.3, -0.25) is 9.59 Å². The lowest BCUT2D eigenvalue weighted by Gasteiger charge is -2.17. The van der Waals surface area contributed by atoms with E-state index in [0.717, 1.165) is 0 Å². The number of aryl methyl sites for hydroxylation is 1. The summed E-state index contributed by atoms with van der Waals surface area (Å²) in [6.07, 6.45) is 0.560. The molecule has 174 valence electrons. The van der Waals surface area contributed by atoms with Gasteiger partial charge in [0, 0.05) is 42.3 Å². The predicted molar refractivity (Wildman–Crippen MR) is 125 cm³/mol. The average Bonchev–Trinajstić information content (AvgIpc) is 3.14. The third kappa shape index (κ3) is 5.41. The molecule has 1 aliphatic rings. The first-order chi connectivity index (χ1) is 14.2. The second kappa shape index (κ2) is 11.0. The van der Waals surface area contributed by atoms with Gasteiger partial charge in [0.1, 0.15) is 5.82 Å². The van der Waals surface area contributed by atoms with E-state index in [1.54, 1.807) is 26.8 Å². The van der Waals surface area contributed by atoms with Crippen LogP contribution in [0.4, 0.5) is 14.9 Å². The fourth-order valence-corrected chi connectivity index (χ4v) is 3.49. The number of aromatic nitrogens is 1. The van der Waals surface area contributed by atoms with Crippen LogP contribution in [-0.2, 0) is 4.79 Å². The number of likely N-dealkylation sites (N-methyl/N-ethyl adjacent to an activating group) is 1. The van der Waals surface area contributed by atoms with Crippen LogP contribution in [-0.4, -0.2) is 52.5 Å². The number of carbonyl (C=O) groups is 3. The quantitative estimate of drug-likeness (QED) is 0.464. The molecule has 0 saturated heterocycles. The molecule has 4 N–H and O–H groups in total. The first-order valence-corrected chi connectivity index (χ1v) is 9.51. The molecule has 1 aromatic heterocycles. The SMILES string of the molecule is CCN(CCNC(=O)c1c(C)[nH]c(C=C2C(=O)Nc3ccc(F)cc32)c1C)C(=O)O.Cl.Cl. The van der Waals surface area contributed by atoms with Crippen molar-refractivity contribution in [3.63, 3.8) is 0 Å². The number of amides is 3. The molecule has 0 spiro atoms. The maximum absolute atomic E-state index is 13.6. The van der Waals surface area contributed by atoms with Crippen molar-refractivity contribution in [1.29, 1.82) is 0 Å². The van der Waals surface area contributed by atoms with Gasteiger partial charge in [0.25, 0.3) is 11.8 Å². The van der Waals surface area contributed by atoms with Crippen LogP contribution in [0.5, 0.6) is 0 Å². The smallest absolute Gasteiger partial charge is 0.407 e. The van der Waals surface area contributed by atoms with Crippen LogP contribution in [0.1, 0.15) is 39.8 Å². The maximum Gasteiger partial charge on any atom is 0.407 e. The minimum absolute atomic E-state index is 0. The zero-order valence-corrected chi connectivity index (χ0v) is 19.4. The summed E-state index contributed by atoms with van der Waals surface area (Å²) in [5.41, 5.74) is 3.55. The molecule has 0 saturated carbocycles. The molecule has 0 radical (unpaired) electrons. The van der Waals surface area contributed by atoms with E-state index in [1.165, 1.54) is 23.1 Å². The molecular weight excluding hydrogens is 462 g/mol. The topological polar surface area (TPSA) is 115 Å². The molecule has 0 unspecified atom stereocenters. The highest BCUT2D eigenvalue weighted by atomic mass is 35.5. The maximum atomic E-state index is 13.6. The Balaban J connectivity index is 0.00000256.